The fraction of sp³-hybridized carbons (Fsp3) is 0.500. The van der Waals surface area contributed by atoms with Crippen molar-refractivity contribution >= 4 is 40.8 Å². The van der Waals surface area contributed by atoms with Gasteiger partial charge in [-0.1, -0.05) is 26.0 Å². The molecule has 1 aromatic carbocycles. The molecule has 1 aromatic rings. The van der Waals surface area contributed by atoms with E-state index in [1.165, 1.54) is 5.56 Å². The maximum absolute atomic E-state index is 11.8. The molecule has 0 unspecified atom stereocenters. The van der Waals surface area contributed by atoms with Crippen LogP contribution in [-0.2, 0) is 14.3 Å². The average molecular weight is 344 g/mol. The standard InChI is InChI=1S/C16H19Cl2NO3/c1-10(2)11-4-6-12(7-5-11)19-13(20)8-22-14(21)15(3)9-16(15,17)18/h4-7,10H,8-9H2,1-3H3,(H,19,20)/t15-/m1/s1. The summed E-state index contributed by atoms with van der Waals surface area (Å²) >= 11 is 11.8. The minimum Gasteiger partial charge on any atom is -0.455 e. The molecule has 0 radical (unpaired) electrons. The number of hydrogen-bond donors (Lipinski definition) is 1. The molecule has 6 heteroatoms. The van der Waals surface area contributed by atoms with Gasteiger partial charge in [-0.2, -0.15) is 0 Å². The molecule has 1 amide bonds. The molecule has 0 aliphatic heterocycles. The van der Waals surface area contributed by atoms with Crippen LogP contribution in [0, 0.1) is 5.41 Å². The first kappa shape index (κ1) is 17.1. The van der Waals surface area contributed by atoms with Gasteiger partial charge >= 0.3 is 5.97 Å². The normalized spacial score (nSPS) is 22.3. The lowest BCUT2D eigenvalue weighted by Gasteiger charge is -2.12. The van der Waals surface area contributed by atoms with Gasteiger partial charge in [0, 0.05) is 12.1 Å². The largest absolute Gasteiger partial charge is 0.455 e. The molecule has 1 fully saturated rings. The maximum atomic E-state index is 11.8. The molecule has 4 nitrogen and oxygen atoms in total. The van der Waals surface area contributed by atoms with Gasteiger partial charge in [0.1, 0.15) is 9.75 Å². The summed E-state index contributed by atoms with van der Waals surface area (Å²) in [5.74, 6) is -0.524. The summed E-state index contributed by atoms with van der Waals surface area (Å²) in [4.78, 5) is 23.6. The van der Waals surface area contributed by atoms with Crippen molar-refractivity contribution in [2.75, 3.05) is 11.9 Å². The molecule has 1 aliphatic rings. The number of carbonyl (C=O) groups excluding carboxylic acids is 2. The molecule has 0 aromatic heterocycles. The summed E-state index contributed by atoms with van der Waals surface area (Å²) < 4.78 is 3.89. The summed E-state index contributed by atoms with van der Waals surface area (Å²) in [6, 6.07) is 7.54. The highest BCUT2D eigenvalue weighted by Gasteiger charge is 2.69. The first-order chi connectivity index (χ1) is 10.2. The zero-order chi connectivity index (χ0) is 16.5. The van der Waals surface area contributed by atoms with Crippen molar-refractivity contribution in [3.05, 3.63) is 29.8 Å². The van der Waals surface area contributed by atoms with Crippen molar-refractivity contribution in [3.8, 4) is 0 Å². The molecule has 0 heterocycles. The number of benzene rings is 1. The van der Waals surface area contributed by atoms with Crippen LogP contribution in [-0.4, -0.2) is 22.8 Å². The molecular formula is C16H19Cl2NO3. The monoisotopic (exact) mass is 343 g/mol. The number of amides is 1. The maximum Gasteiger partial charge on any atom is 0.315 e. The van der Waals surface area contributed by atoms with Crippen LogP contribution >= 0.6 is 23.2 Å². The molecule has 0 saturated heterocycles. The number of hydrogen-bond acceptors (Lipinski definition) is 3. The third-order valence-corrected chi connectivity index (χ3v) is 5.01. The van der Waals surface area contributed by atoms with E-state index in [4.69, 9.17) is 27.9 Å². The third-order valence-electron chi connectivity index (χ3n) is 3.90. The Hall–Kier alpha value is -1.26. The van der Waals surface area contributed by atoms with Gasteiger partial charge in [0.25, 0.3) is 5.91 Å². The topological polar surface area (TPSA) is 55.4 Å². The van der Waals surface area contributed by atoms with E-state index in [9.17, 15) is 9.59 Å². The third kappa shape index (κ3) is 3.55. The molecule has 1 aliphatic carbocycles. The highest BCUT2D eigenvalue weighted by atomic mass is 35.5. The highest BCUT2D eigenvalue weighted by molar-refractivity contribution is 6.53. The number of esters is 1. The second-order valence-corrected chi connectivity index (χ2v) is 7.60. The molecule has 0 spiro atoms. The van der Waals surface area contributed by atoms with Gasteiger partial charge in [-0.3, -0.25) is 9.59 Å². The van der Waals surface area contributed by atoms with Crippen molar-refractivity contribution in [1.29, 1.82) is 0 Å². The Balaban J connectivity index is 1.82. The Morgan fingerprint density at radius 2 is 1.82 bits per heavy atom. The number of alkyl halides is 2. The molecule has 1 atom stereocenters. The van der Waals surface area contributed by atoms with Crippen molar-refractivity contribution in [2.45, 2.75) is 37.4 Å². The lowest BCUT2D eigenvalue weighted by atomic mass is 10.0. The second kappa shape index (κ2) is 6.09. The van der Waals surface area contributed by atoms with Crippen molar-refractivity contribution in [3.63, 3.8) is 0 Å². The smallest absolute Gasteiger partial charge is 0.315 e. The molecule has 22 heavy (non-hydrogen) atoms. The number of rotatable bonds is 5. The van der Waals surface area contributed by atoms with Gasteiger partial charge in [-0.25, -0.2) is 0 Å². The van der Waals surface area contributed by atoms with Gasteiger partial charge < -0.3 is 10.1 Å². The van der Waals surface area contributed by atoms with E-state index in [0.29, 0.717) is 18.0 Å². The van der Waals surface area contributed by atoms with Crippen LogP contribution in [0.15, 0.2) is 24.3 Å². The Kier molecular flexibility index (Phi) is 4.73. The Labute approximate surface area is 140 Å². The summed E-state index contributed by atoms with van der Waals surface area (Å²) in [5.41, 5.74) is 0.925. The SMILES string of the molecule is CC(C)c1ccc(NC(=O)COC(=O)[C@@]2(C)CC2(Cl)Cl)cc1. The number of carbonyl (C=O) groups is 2. The zero-order valence-corrected chi connectivity index (χ0v) is 14.3. The van der Waals surface area contributed by atoms with Crippen LogP contribution in [0.4, 0.5) is 5.69 Å². The summed E-state index contributed by atoms with van der Waals surface area (Å²) in [6.07, 6.45) is 0.334. The van der Waals surface area contributed by atoms with E-state index in [2.05, 4.69) is 19.2 Å². The van der Waals surface area contributed by atoms with Crippen LogP contribution in [0.25, 0.3) is 0 Å². The van der Waals surface area contributed by atoms with Crippen molar-refractivity contribution in [2.24, 2.45) is 5.41 Å². The van der Waals surface area contributed by atoms with E-state index in [-0.39, 0.29) is 6.61 Å². The van der Waals surface area contributed by atoms with E-state index in [1.54, 1.807) is 6.92 Å². The van der Waals surface area contributed by atoms with Crippen LogP contribution in [0.5, 0.6) is 0 Å². The number of anilines is 1. The Bertz CT molecular complexity index is 584. The predicted octanol–water partition coefficient (Wildman–Crippen LogP) is 3.88. The fourth-order valence-corrected chi connectivity index (χ4v) is 2.75. The quantitative estimate of drug-likeness (QED) is 0.652. The molecule has 1 N–H and O–H groups in total. The highest BCUT2D eigenvalue weighted by Crippen LogP contribution is 2.64. The number of ether oxygens (including phenoxy) is 1. The summed E-state index contributed by atoms with van der Waals surface area (Å²) in [5, 5.41) is 2.67. The summed E-state index contributed by atoms with van der Waals surface area (Å²) in [6.45, 7) is 5.46. The lowest BCUT2D eigenvalue weighted by molar-refractivity contribution is -0.152. The fourth-order valence-electron chi connectivity index (χ4n) is 2.06. The number of halogens is 2. The predicted molar refractivity (Wildman–Crippen MR) is 87.3 cm³/mol. The summed E-state index contributed by atoms with van der Waals surface area (Å²) in [7, 11) is 0. The zero-order valence-electron chi connectivity index (χ0n) is 12.8. The minimum atomic E-state index is -1.09. The lowest BCUT2D eigenvalue weighted by Crippen LogP contribution is -2.26. The Morgan fingerprint density at radius 1 is 1.27 bits per heavy atom. The van der Waals surface area contributed by atoms with Gasteiger partial charge in [0.15, 0.2) is 6.61 Å². The van der Waals surface area contributed by atoms with Gasteiger partial charge in [-0.15, -0.1) is 23.2 Å². The average Bonchev–Trinajstić information content (AvgIpc) is 2.97. The van der Waals surface area contributed by atoms with Crippen LogP contribution < -0.4 is 5.32 Å². The van der Waals surface area contributed by atoms with Crippen LogP contribution in [0.3, 0.4) is 0 Å². The first-order valence-corrected chi connectivity index (χ1v) is 7.86. The minimum absolute atomic E-state index is 0.334. The molecular weight excluding hydrogens is 325 g/mol. The molecule has 0 bridgehead atoms. The van der Waals surface area contributed by atoms with Crippen LogP contribution in [0.2, 0.25) is 0 Å². The van der Waals surface area contributed by atoms with Gasteiger partial charge in [0.05, 0.1) is 0 Å². The molecule has 1 saturated carbocycles. The Morgan fingerprint density at radius 3 is 2.27 bits per heavy atom. The van der Waals surface area contributed by atoms with Crippen molar-refractivity contribution < 1.29 is 14.3 Å². The number of nitrogens with one attached hydrogen (secondary N) is 1. The van der Waals surface area contributed by atoms with Crippen LogP contribution in [0.1, 0.15) is 38.7 Å². The second-order valence-electron chi connectivity index (χ2n) is 6.11. The van der Waals surface area contributed by atoms with E-state index in [1.807, 2.05) is 24.3 Å². The van der Waals surface area contributed by atoms with E-state index in [0.717, 1.165) is 0 Å². The van der Waals surface area contributed by atoms with E-state index >= 15 is 0 Å². The van der Waals surface area contributed by atoms with Gasteiger partial charge in [-0.05, 0) is 30.5 Å². The van der Waals surface area contributed by atoms with Gasteiger partial charge in [0.2, 0.25) is 0 Å². The van der Waals surface area contributed by atoms with E-state index < -0.39 is 21.6 Å². The molecule has 120 valence electrons. The first-order valence-electron chi connectivity index (χ1n) is 7.10. The van der Waals surface area contributed by atoms with Crippen molar-refractivity contribution in [1.82, 2.24) is 0 Å². The molecule has 2 rings (SSSR count).